The standard InChI is InChI=1S/C15H20N2O2S/c1-10-8-17(9-11(2)19-10)15(18)13-6-4-3-5-12(13)7-14(16)20/h3-6,10-11H,7-9H2,1-2H3,(H2,16,20). The minimum Gasteiger partial charge on any atom is -0.393 e. The predicted octanol–water partition coefficient (Wildman–Crippen LogP) is 1.76. The van der Waals surface area contributed by atoms with Gasteiger partial charge in [0.15, 0.2) is 0 Å². The Kier molecular flexibility index (Phi) is 4.73. The Morgan fingerprint density at radius 2 is 1.95 bits per heavy atom. The van der Waals surface area contributed by atoms with Crippen LogP contribution in [0.5, 0.6) is 0 Å². The number of ether oxygens (including phenoxy) is 1. The number of nitrogens with zero attached hydrogens (tertiary/aromatic N) is 1. The maximum absolute atomic E-state index is 12.7. The second-order valence-electron chi connectivity index (χ2n) is 5.27. The average Bonchev–Trinajstić information content (AvgIpc) is 2.36. The molecule has 0 aromatic heterocycles. The lowest BCUT2D eigenvalue weighted by Gasteiger charge is -2.35. The molecule has 5 heteroatoms. The molecule has 1 aromatic rings. The molecule has 4 nitrogen and oxygen atoms in total. The van der Waals surface area contributed by atoms with Gasteiger partial charge in [-0.25, -0.2) is 0 Å². The van der Waals surface area contributed by atoms with Crippen LogP contribution in [0.3, 0.4) is 0 Å². The van der Waals surface area contributed by atoms with Crippen molar-refractivity contribution in [2.75, 3.05) is 13.1 Å². The molecule has 1 aliphatic rings. The fraction of sp³-hybridized carbons (Fsp3) is 0.467. The number of rotatable bonds is 3. The van der Waals surface area contributed by atoms with Crippen molar-refractivity contribution in [3.05, 3.63) is 35.4 Å². The molecule has 108 valence electrons. The van der Waals surface area contributed by atoms with Gasteiger partial charge >= 0.3 is 0 Å². The van der Waals surface area contributed by atoms with Crippen molar-refractivity contribution in [2.24, 2.45) is 5.73 Å². The first-order valence-corrected chi connectivity index (χ1v) is 7.19. The van der Waals surface area contributed by atoms with Gasteiger partial charge in [0.05, 0.1) is 17.2 Å². The maximum Gasteiger partial charge on any atom is 0.254 e. The van der Waals surface area contributed by atoms with Crippen molar-refractivity contribution in [3.63, 3.8) is 0 Å². The number of carbonyl (C=O) groups is 1. The molecular weight excluding hydrogens is 272 g/mol. The first kappa shape index (κ1) is 14.9. The summed E-state index contributed by atoms with van der Waals surface area (Å²) in [6, 6.07) is 7.50. The van der Waals surface area contributed by atoms with Gasteiger partial charge < -0.3 is 15.4 Å². The molecule has 0 saturated carbocycles. The molecule has 2 N–H and O–H groups in total. The van der Waals surface area contributed by atoms with Crippen LogP contribution in [0.4, 0.5) is 0 Å². The third kappa shape index (κ3) is 3.55. The molecule has 1 amide bonds. The van der Waals surface area contributed by atoms with Crippen molar-refractivity contribution in [3.8, 4) is 0 Å². The fourth-order valence-corrected chi connectivity index (χ4v) is 2.74. The minimum atomic E-state index is 0.0267. The zero-order chi connectivity index (χ0) is 14.7. The van der Waals surface area contributed by atoms with E-state index in [0.29, 0.717) is 30.1 Å². The van der Waals surface area contributed by atoms with E-state index in [4.69, 9.17) is 22.7 Å². The van der Waals surface area contributed by atoms with Crippen LogP contribution in [0.1, 0.15) is 29.8 Å². The van der Waals surface area contributed by atoms with Crippen LogP contribution in [0.15, 0.2) is 24.3 Å². The molecule has 1 fully saturated rings. The monoisotopic (exact) mass is 292 g/mol. The highest BCUT2D eigenvalue weighted by atomic mass is 32.1. The Morgan fingerprint density at radius 1 is 1.35 bits per heavy atom. The summed E-state index contributed by atoms with van der Waals surface area (Å²) in [5, 5.41) is 0. The van der Waals surface area contributed by atoms with Crippen LogP contribution in [0.2, 0.25) is 0 Å². The van der Waals surface area contributed by atoms with E-state index in [2.05, 4.69) is 0 Å². The van der Waals surface area contributed by atoms with Gasteiger partial charge in [-0.2, -0.15) is 0 Å². The van der Waals surface area contributed by atoms with Crippen LogP contribution in [-0.2, 0) is 11.2 Å². The largest absolute Gasteiger partial charge is 0.393 e. The number of hydrogen-bond donors (Lipinski definition) is 1. The molecule has 2 unspecified atom stereocenters. The summed E-state index contributed by atoms with van der Waals surface area (Å²) in [5.41, 5.74) is 7.17. The number of morpholine rings is 1. The quantitative estimate of drug-likeness (QED) is 0.863. The highest BCUT2D eigenvalue weighted by molar-refractivity contribution is 7.80. The van der Waals surface area contributed by atoms with E-state index in [9.17, 15) is 4.79 Å². The van der Waals surface area contributed by atoms with E-state index in [1.165, 1.54) is 0 Å². The van der Waals surface area contributed by atoms with Gasteiger partial charge in [0.25, 0.3) is 5.91 Å². The second-order valence-corrected chi connectivity index (χ2v) is 5.79. The van der Waals surface area contributed by atoms with Crippen LogP contribution in [0.25, 0.3) is 0 Å². The van der Waals surface area contributed by atoms with E-state index in [0.717, 1.165) is 5.56 Å². The van der Waals surface area contributed by atoms with Crippen LogP contribution < -0.4 is 5.73 Å². The number of hydrogen-bond acceptors (Lipinski definition) is 3. The molecule has 2 atom stereocenters. The van der Waals surface area contributed by atoms with Crippen LogP contribution in [-0.4, -0.2) is 41.1 Å². The Labute approximate surface area is 124 Å². The topological polar surface area (TPSA) is 55.6 Å². The summed E-state index contributed by atoms with van der Waals surface area (Å²) in [6.45, 7) is 5.20. The van der Waals surface area contributed by atoms with Crippen molar-refractivity contribution < 1.29 is 9.53 Å². The summed E-state index contributed by atoms with van der Waals surface area (Å²) in [6.07, 6.45) is 0.572. The molecule has 20 heavy (non-hydrogen) atoms. The van der Waals surface area contributed by atoms with E-state index >= 15 is 0 Å². The highest BCUT2D eigenvalue weighted by Gasteiger charge is 2.27. The van der Waals surface area contributed by atoms with Gasteiger partial charge in [-0.3, -0.25) is 4.79 Å². The van der Waals surface area contributed by atoms with E-state index < -0.39 is 0 Å². The van der Waals surface area contributed by atoms with Crippen LogP contribution in [0, 0.1) is 0 Å². The highest BCUT2D eigenvalue weighted by Crippen LogP contribution is 2.17. The summed E-state index contributed by atoms with van der Waals surface area (Å²) >= 11 is 4.95. The molecule has 0 radical (unpaired) electrons. The van der Waals surface area contributed by atoms with Gasteiger partial charge in [0, 0.05) is 25.1 Å². The summed E-state index contributed by atoms with van der Waals surface area (Å²) in [7, 11) is 0. The molecule has 2 rings (SSSR count). The van der Waals surface area contributed by atoms with Gasteiger partial charge in [-0.15, -0.1) is 0 Å². The SMILES string of the molecule is CC1CN(C(=O)c2ccccc2CC(N)=S)CC(C)O1. The Bertz CT molecular complexity index is 508. The third-order valence-corrected chi connectivity index (χ3v) is 3.46. The number of amides is 1. The Balaban J connectivity index is 2.22. The average molecular weight is 292 g/mol. The van der Waals surface area contributed by atoms with Crippen molar-refractivity contribution in [1.29, 1.82) is 0 Å². The molecule has 0 spiro atoms. The summed E-state index contributed by atoms with van der Waals surface area (Å²) < 4.78 is 5.66. The molecule has 1 saturated heterocycles. The zero-order valence-corrected chi connectivity index (χ0v) is 12.7. The van der Waals surface area contributed by atoms with Gasteiger partial charge in [-0.1, -0.05) is 30.4 Å². The zero-order valence-electron chi connectivity index (χ0n) is 11.8. The molecule has 0 bridgehead atoms. The van der Waals surface area contributed by atoms with E-state index in [1.807, 2.05) is 43.0 Å². The van der Waals surface area contributed by atoms with Gasteiger partial charge in [0.2, 0.25) is 0 Å². The van der Waals surface area contributed by atoms with Gasteiger partial charge in [0.1, 0.15) is 0 Å². The smallest absolute Gasteiger partial charge is 0.254 e. The van der Waals surface area contributed by atoms with Crippen LogP contribution >= 0.6 is 12.2 Å². The summed E-state index contributed by atoms with van der Waals surface area (Å²) in [4.78, 5) is 14.9. The number of benzene rings is 1. The third-order valence-electron chi connectivity index (χ3n) is 3.32. The minimum absolute atomic E-state index is 0.0267. The first-order valence-electron chi connectivity index (χ1n) is 6.78. The molecule has 1 heterocycles. The Hall–Kier alpha value is -1.46. The van der Waals surface area contributed by atoms with E-state index in [1.54, 1.807) is 0 Å². The number of nitrogens with two attached hydrogens (primary N) is 1. The first-order chi connectivity index (χ1) is 9.47. The molecule has 1 aliphatic heterocycles. The molecule has 0 aliphatic carbocycles. The van der Waals surface area contributed by atoms with Crippen molar-refractivity contribution in [1.82, 2.24) is 4.90 Å². The summed E-state index contributed by atoms with van der Waals surface area (Å²) in [5.74, 6) is 0.0267. The second kappa shape index (κ2) is 6.33. The fourth-order valence-electron chi connectivity index (χ4n) is 2.58. The van der Waals surface area contributed by atoms with E-state index in [-0.39, 0.29) is 18.1 Å². The lowest BCUT2D eigenvalue weighted by atomic mass is 10.0. The number of thiocarbonyl (C=S) groups is 1. The predicted molar refractivity (Wildman–Crippen MR) is 82.8 cm³/mol. The maximum atomic E-state index is 12.7. The van der Waals surface area contributed by atoms with Crippen molar-refractivity contribution >= 4 is 23.1 Å². The number of carbonyl (C=O) groups excluding carboxylic acids is 1. The Morgan fingerprint density at radius 3 is 2.55 bits per heavy atom. The normalized spacial score (nSPS) is 22.6. The lowest BCUT2D eigenvalue weighted by molar-refractivity contribution is -0.0586. The lowest BCUT2D eigenvalue weighted by Crippen LogP contribution is -2.48. The van der Waals surface area contributed by atoms with Gasteiger partial charge in [-0.05, 0) is 25.5 Å². The van der Waals surface area contributed by atoms with Crippen molar-refractivity contribution in [2.45, 2.75) is 32.5 Å². The molecular formula is C15H20N2O2S. The molecule has 1 aromatic carbocycles.